The van der Waals surface area contributed by atoms with Crippen molar-refractivity contribution in [2.24, 2.45) is 0 Å². The van der Waals surface area contributed by atoms with Crippen molar-refractivity contribution >= 4 is 15.7 Å². The molecule has 1 aromatic rings. The summed E-state index contributed by atoms with van der Waals surface area (Å²) in [5.41, 5.74) is 2.21. The number of carbonyl (C=O) groups is 1. The van der Waals surface area contributed by atoms with Gasteiger partial charge in [-0.2, -0.15) is 0 Å². The molecule has 0 unspecified atom stereocenters. The Hall–Kier alpha value is -1.62. The van der Waals surface area contributed by atoms with Gasteiger partial charge in [0.25, 0.3) is 0 Å². The first-order valence-corrected chi connectivity index (χ1v) is 8.59. The Bertz CT molecular complexity index is 562. The van der Waals surface area contributed by atoms with Crippen LogP contribution in [0.25, 0.3) is 0 Å². The van der Waals surface area contributed by atoms with E-state index < -0.39 is 9.84 Å². The van der Waals surface area contributed by atoms with Crippen LogP contribution in [0.3, 0.4) is 0 Å². The van der Waals surface area contributed by atoms with Gasteiger partial charge in [-0.1, -0.05) is 35.9 Å². The fourth-order valence-electron chi connectivity index (χ4n) is 1.69. The molecule has 0 atom stereocenters. The second-order valence-corrected chi connectivity index (χ2v) is 7.16. The van der Waals surface area contributed by atoms with Gasteiger partial charge in [-0.3, -0.25) is 4.79 Å². The number of aryl methyl sites for hydroxylation is 1. The minimum Gasteiger partial charge on any atom is -0.352 e. The first-order chi connectivity index (χ1) is 9.37. The number of hydrogen-bond donors (Lipinski definition) is 1. The van der Waals surface area contributed by atoms with Crippen molar-refractivity contribution in [1.82, 2.24) is 5.32 Å². The SMILES string of the molecule is C/C(=C\C(=O)NCCS(C)(=O)=O)CCc1ccccc1. The van der Waals surface area contributed by atoms with Gasteiger partial charge in [0.15, 0.2) is 0 Å². The molecule has 20 heavy (non-hydrogen) atoms. The fraction of sp³-hybridized carbons (Fsp3) is 0.400. The maximum Gasteiger partial charge on any atom is 0.243 e. The maximum absolute atomic E-state index is 11.6. The first-order valence-electron chi connectivity index (χ1n) is 6.53. The summed E-state index contributed by atoms with van der Waals surface area (Å²) < 4.78 is 21.9. The molecule has 110 valence electrons. The third-order valence-electron chi connectivity index (χ3n) is 2.80. The number of carbonyl (C=O) groups excluding carboxylic acids is 1. The summed E-state index contributed by atoms with van der Waals surface area (Å²) in [5, 5.41) is 2.57. The van der Waals surface area contributed by atoms with Gasteiger partial charge in [-0.15, -0.1) is 0 Å². The molecule has 0 aromatic heterocycles. The molecule has 0 bridgehead atoms. The number of allylic oxidation sites excluding steroid dienone is 1. The maximum atomic E-state index is 11.6. The van der Waals surface area contributed by atoms with Crippen LogP contribution in [0.5, 0.6) is 0 Å². The largest absolute Gasteiger partial charge is 0.352 e. The Balaban J connectivity index is 2.35. The zero-order valence-corrected chi connectivity index (χ0v) is 12.7. The molecule has 0 fully saturated rings. The van der Waals surface area contributed by atoms with Gasteiger partial charge in [0, 0.05) is 18.9 Å². The smallest absolute Gasteiger partial charge is 0.243 e. The van der Waals surface area contributed by atoms with E-state index in [1.54, 1.807) is 0 Å². The summed E-state index contributed by atoms with van der Waals surface area (Å²) in [6.45, 7) is 2.05. The molecule has 0 radical (unpaired) electrons. The lowest BCUT2D eigenvalue weighted by atomic mass is 10.1. The third kappa shape index (κ3) is 7.74. The number of benzene rings is 1. The Labute approximate surface area is 120 Å². The van der Waals surface area contributed by atoms with Gasteiger partial charge in [-0.05, 0) is 25.3 Å². The van der Waals surface area contributed by atoms with Crippen molar-refractivity contribution in [2.45, 2.75) is 19.8 Å². The van der Waals surface area contributed by atoms with Crippen LogP contribution in [0, 0.1) is 0 Å². The van der Waals surface area contributed by atoms with Crippen molar-refractivity contribution in [3.05, 3.63) is 47.5 Å². The van der Waals surface area contributed by atoms with Crippen molar-refractivity contribution in [3.63, 3.8) is 0 Å². The summed E-state index contributed by atoms with van der Waals surface area (Å²) in [6.07, 6.45) is 4.38. The normalized spacial score (nSPS) is 12.2. The number of sulfone groups is 1. The van der Waals surface area contributed by atoms with E-state index in [0.29, 0.717) is 0 Å². The van der Waals surface area contributed by atoms with Crippen molar-refractivity contribution in [3.8, 4) is 0 Å². The minimum atomic E-state index is -3.03. The third-order valence-corrected chi connectivity index (χ3v) is 3.75. The predicted molar refractivity (Wildman–Crippen MR) is 81.2 cm³/mol. The van der Waals surface area contributed by atoms with Crippen LogP contribution in [0.15, 0.2) is 42.0 Å². The van der Waals surface area contributed by atoms with E-state index >= 15 is 0 Å². The van der Waals surface area contributed by atoms with E-state index in [0.717, 1.165) is 24.7 Å². The van der Waals surface area contributed by atoms with Crippen LogP contribution in [0.4, 0.5) is 0 Å². The molecule has 4 nitrogen and oxygen atoms in total. The van der Waals surface area contributed by atoms with E-state index in [1.165, 1.54) is 11.6 Å². The minimum absolute atomic E-state index is 0.0321. The van der Waals surface area contributed by atoms with Crippen LogP contribution in [-0.4, -0.2) is 32.9 Å². The molecule has 0 aliphatic carbocycles. The van der Waals surface area contributed by atoms with Gasteiger partial charge in [0.05, 0.1) is 5.75 Å². The summed E-state index contributed by atoms with van der Waals surface area (Å²) >= 11 is 0. The van der Waals surface area contributed by atoms with E-state index in [1.807, 2.05) is 25.1 Å². The number of nitrogens with one attached hydrogen (secondary N) is 1. The van der Waals surface area contributed by atoms with Crippen LogP contribution in [0.1, 0.15) is 18.9 Å². The molecule has 0 heterocycles. The van der Waals surface area contributed by atoms with Gasteiger partial charge in [-0.25, -0.2) is 8.42 Å². The molecule has 0 saturated heterocycles. The average molecular weight is 295 g/mol. The summed E-state index contributed by atoms with van der Waals surface area (Å²) in [7, 11) is -3.03. The lowest BCUT2D eigenvalue weighted by Gasteiger charge is -2.04. The highest BCUT2D eigenvalue weighted by molar-refractivity contribution is 7.90. The fourth-order valence-corrected chi connectivity index (χ4v) is 2.17. The molecule has 0 aliphatic rings. The van der Waals surface area contributed by atoms with Gasteiger partial charge < -0.3 is 5.32 Å². The molecule has 1 rings (SSSR count). The standard InChI is InChI=1S/C15H21NO3S/c1-13(8-9-14-6-4-3-5-7-14)12-15(17)16-10-11-20(2,18)19/h3-7,12H,8-11H2,1-2H3,(H,16,17)/b13-12+. The van der Waals surface area contributed by atoms with E-state index in [-0.39, 0.29) is 18.2 Å². The first kappa shape index (κ1) is 16.4. The molecular formula is C15H21NO3S. The quantitative estimate of drug-likeness (QED) is 0.779. The highest BCUT2D eigenvalue weighted by Gasteiger charge is 2.03. The highest BCUT2D eigenvalue weighted by atomic mass is 32.2. The van der Waals surface area contributed by atoms with Crippen molar-refractivity contribution < 1.29 is 13.2 Å². The second-order valence-electron chi connectivity index (χ2n) is 4.90. The van der Waals surface area contributed by atoms with Crippen LogP contribution in [0.2, 0.25) is 0 Å². The zero-order chi connectivity index (χ0) is 15.0. The predicted octanol–water partition coefficient (Wildman–Crippen LogP) is 1.73. The molecular weight excluding hydrogens is 274 g/mol. The Morgan fingerprint density at radius 3 is 2.50 bits per heavy atom. The lowest BCUT2D eigenvalue weighted by Crippen LogP contribution is -2.27. The summed E-state index contributed by atoms with van der Waals surface area (Å²) in [6, 6.07) is 10.1. The number of rotatable bonds is 7. The van der Waals surface area contributed by atoms with E-state index in [9.17, 15) is 13.2 Å². The monoisotopic (exact) mass is 295 g/mol. The molecule has 1 N–H and O–H groups in total. The molecule has 0 spiro atoms. The van der Waals surface area contributed by atoms with Crippen molar-refractivity contribution in [1.29, 1.82) is 0 Å². The number of amides is 1. The van der Waals surface area contributed by atoms with Gasteiger partial charge in [0.1, 0.15) is 9.84 Å². The Morgan fingerprint density at radius 2 is 1.90 bits per heavy atom. The molecule has 1 aromatic carbocycles. The summed E-state index contributed by atoms with van der Waals surface area (Å²) in [4.78, 5) is 11.6. The van der Waals surface area contributed by atoms with Gasteiger partial charge >= 0.3 is 0 Å². The average Bonchev–Trinajstić information content (AvgIpc) is 2.36. The Morgan fingerprint density at radius 1 is 1.25 bits per heavy atom. The van der Waals surface area contributed by atoms with Crippen LogP contribution in [-0.2, 0) is 21.1 Å². The van der Waals surface area contributed by atoms with Crippen molar-refractivity contribution in [2.75, 3.05) is 18.6 Å². The molecule has 1 amide bonds. The highest BCUT2D eigenvalue weighted by Crippen LogP contribution is 2.08. The molecule has 0 aliphatic heterocycles. The van der Waals surface area contributed by atoms with Crippen LogP contribution >= 0.6 is 0 Å². The second kappa shape index (κ2) is 7.85. The van der Waals surface area contributed by atoms with Gasteiger partial charge in [0.2, 0.25) is 5.91 Å². The Kier molecular flexibility index (Phi) is 6.45. The topological polar surface area (TPSA) is 63.2 Å². The molecule has 5 heteroatoms. The number of hydrogen-bond acceptors (Lipinski definition) is 3. The molecule has 0 saturated carbocycles. The lowest BCUT2D eigenvalue weighted by molar-refractivity contribution is -0.116. The summed E-state index contributed by atoms with van der Waals surface area (Å²) in [5.74, 6) is -0.269. The zero-order valence-electron chi connectivity index (χ0n) is 11.9. The van der Waals surface area contributed by atoms with E-state index in [2.05, 4.69) is 17.4 Å². The van der Waals surface area contributed by atoms with E-state index in [4.69, 9.17) is 0 Å². The van der Waals surface area contributed by atoms with Crippen LogP contribution < -0.4 is 5.32 Å².